The number of imidazole rings is 2. The van der Waals surface area contributed by atoms with Crippen LogP contribution in [0.2, 0.25) is 0 Å². The molecule has 11 heteroatoms. The molecular weight excluding hydrogens is 631 g/mol. The van der Waals surface area contributed by atoms with E-state index in [9.17, 15) is 4.79 Å². The van der Waals surface area contributed by atoms with Crippen LogP contribution in [0.25, 0.3) is 33.6 Å². The third kappa shape index (κ3) is 8.07. The maximum Gasteiger partial charge on any atom is 0.410 e. The van der Waals surface area contributed by atoms with Gasteiger partial charge in [0.05, 0.1) is 35.9 Å². The number of nitrogens with two attached hydrogens (primary N) is 1. The van der Waals surface area contributed by atoms with Crippen molar-refractivity contribution >= 4 is 43.3 Å². The number of hydrogen-bond donors (Lipinski definition) is 3. The van der Waals surface area contributed by atoms with Gasteiger partial charge in [0.15, 0.2) is 0 Å². The summed E-state index contributed by atoms with van der Waals surface area (Å²) in [5, 5.41) is 0. The Kier molecular flexibility index (Phi) is 12.6. The number of ether oxygens (including phenoxy) is 1. The lowest BCUT2D eigenvalue weighted by atomic mass is 10.0. The van der Waals surface area contributed by atoms with Crippen LogP contribution < -0.4 is 5.73 Å². The predicted molar refractivity (Wildman–Crippen MR) is 186 cm³/mol. The Morgan fingerprint density at radius 2 is 1.40 bits per heavy atom. The fourth-order valence-corrected chi connectivity index (χ4v) is 5.38. The zero-order chi connectivity index (χ0) is 29.1. The highest BCUT2D eigenvalue weighted by Gasteiger charge is 2.33. The van der Waals surface area contributed by atoms with Crippen LogP contribution in [0.1, 0.15) is 56.0 Å². The smallest absolute Gasteiger partial charge is 0.410 e. The minimum atomic E-state index is -0.304. The summed E-state index contributed by atoms with van der Waals surface area (Å²) in [5.74, 6) is 1.91. The number of halogens is 3. The second-order valence-electron chi connectivity index (χ2n) is 11.2. The van der Waals surface area contributed by atoms with Crippen LogP contribution in [0.3, 0.4) is 0 Å². The SMILES string of the molecule is CC(C)[C@H](N)c1ncc(-c2ccc(-c3ccc(-c4cnc([C@@H]5CCCN5C(=O)OCc5ccccc5)[nH]4)cc3)cc2)[nH]1.Cl.Cl.Cl. The summed E-state index contributed by atoms with van der Waals surface area (Å²) < 4.78 is 5.60. The lowest BCUT2D eigenvalue weighted by molar-refractivity contribution is 0.0910. The van der Waals surface area contributed by atoms with Crippen molar-refractivity contribution in [3.63, 3.8) is 0 Å². The Morgan fingerprint density at radius 3 is 2.00 bits per heavy atom. The topological polar surface area (TPSA) is 113 Å². The molecule has 3 aromatic carbocycles. The minimum absolute atomic E-state index is 0. The number of H-pyrrole nitrogens is 2. The fourth-order valence-electron chi connectivity index (χ4n) is 5.38. The van der Waals surface area contributed by atoms with Gasteiger partial charge in [0.1, 0.15) is 18.3 Å². The minimum Gasteiger partial charge on any atom is -0.445 e. The van der Waals surface area contributed by atoms with Crippen LogP contribution in [-0.4, -0.2) is 37.5 Å². The first kappa shape index (κ1) is 35.7. The molecule has 0 unspecified atom stereocenters. The molecule has 0 aliphatic carbocycles. The van der Waals surface area contributed by atoms with Crippen molar-refractivity contribution in [3.05, 3.63) is 108 Å². The Labute approximate surface area is 282 Å². The maximum atomic E-state index is 12.9. The number of benzene rings is 3. The van der Waals surface area contributed by atoms with Gasteiger partial charge in [-0.1, -0.05) is 92.7 Å². The molecule has 2 aromatic heterocycles. The van der Waals surface area contributed by atoms with E-state index in [0.29, 0.717) is 12.5 Å². The second-order valence-corrected chi connectivity index (χ2v) is 11.2. The molecule has 4 N–H and O–H groups in total. The summed E-state index contributed by atoms with van der Waals surface area (Å²) in [5.41, 5.74) is 13.5. The van der Waals surface area contributed by atoms with Crippen LogP contribution in [0, 0.1) is 5.92 Å². The molecule has 238 valence electrons. The maximum absolute atomic E-state index is 12.9. The summed E-state index contributed by atoms with van der Waals surface area (Å²) in [4.78, 5) is 30.6. The van der Waals surface area contributed by atoms with Crippen molar-refractivity contribution in [2.75, 3.05) is 6.54 Å². The van der Waals surface area contributed by atoms with E-state index in [0.717, 1.165) is 63.7 Å². The number of likely N-dealkylation sites (tertiary alicyclic amines) is 1. The molecule has 0 radical (unpaired) electrons. The molecule has 3 heterocycles. The van der Waals surface area contributed by atoms with Gasteiger partial charge >= 0.3 is 6.09 Å². The first-order valence-electron chi connectivity index (χ1n) is 14.5. The summed E-state index contributed by atoms with van der Waals surface area (Å²) in [7, 11) is 0. The molecule has 45 heavy (non-hydrogen) atoms. The summed E-state index contributed by atoms with van der Waals surface area (Å²) in [6.07, 6.45) is 5.16. The highest BCUT2D eigenvalue weighted by atomic mass is 35.5. The van der Waals surface area contributed by atoms with E-state index < -0.39 is 0 Å². The van der Waals surface area contributed by atoms with Crippen LogP contribution >= 0.6 is 37.2 Å². The summed E-state index contributed by atoms with van der Waals surface area (Å²) in [6, 6.07) is 26.4. The molecule has 0 bridgehead atoms. The van der Waals surface area contributed by atoms with Crippen LogP contribution in [0.4, 0.5) is 4.79 Å². The molecule has 8 nitrogen and oxygen atoms in total. The third-order valence-electron chi connectivity index (χ3n) is 7.96. The first-order valence-corrected chi connectivity index (χ1v) is 14.5. The molecular formula is C34H39Cl3N6O2. The third-order valence-corrected chi connectivity index (χ3v) is 7.96. The molecule has 5 aromatic rings. The van der Waals surface area contributed by atoms with E-state index in [1.54, 1.807) is 4.90 Å². The van der Waals surface area contributed by atoms with Crippen LogP contribution in [0.5, 0.6) is 0 Å². The highest BCUT2D eigenvalue weighted by molar-refractivity contribution is 5.86. The number of aromatic amines is 2. The number of aromatic nitrogens is 4. The van der Waals surface area contributed by atoms with Crippen molar-refractivity contribution < 1.29 is 9.53 Å². The Hall–Kier alpha value is -3.82. The van der Waals surface area contributed by atoms with Crippen molar-refractivity contribution in [3.8, 4) is 33.6 Å². The first-order chi connectivity index (χ1) is 20.5. The van der Waals surface area contributed by atoms with Crippen molar-refractivity contribution in [2.24, 2.45) is 11.7 Å². The molecule has 1 amide bonds. The van der Waals surface area contributed by atoms with E-state index in [1.807, 2.05) is 42.7 Å². The monoisotopic (exact) mass is 668 g/mol. The van der Waals surface area contributed by atoms with Gasteiger partial charge in [-0.15, -0.1) is 37.2 Å². The number of rotatable bonds is 8. The molecule has 1 aliphatic heterocycles. The lowest BCUT2D eigenvalue weighted by Gasteiger charge is -2.22. The van der Waals surface area contributed by atoms with E-state index in [2.05, 4.69) is 82.3 Å². The van der Waals surface area contributed by atoms with Gasteiger partial charge in [-0.3, -0.25) is 4.90 Å². The predicted octanol–water partition coefficient (Wildman–Crippen LogP) is 8.53. The van der Waals surface area contributed by atoms with Gasteiger partial charge < -0.3 is 20.4 Å². The number of nitrogens with zero attached hydrogens (tertiary/aromatic N) is 3. The van der Waals surface area contributed by atoms with Gasteiger partial charge in [0.25, 0.3) is 0 Å². The zero-order valence-electron chi connectivity index (χ0n) is 25.2. The fraction of sp³-hybridized carbons (Fsp3) is 0.265. The van der Waals surface area contributed by atoms with Gasteiger partial charge in [-0.25, -0.2) is 14.8 Å². The Morgan fingerprint density at radius 1 is 0.844 bits per heavy atom. The van der Waals surface area contributed by atoms with Crippen molar-refractivity contribution in [2.45, 2.75) is 45.4 Å². The number of amides is 1. The normalized spacial score (nSPS) is 14.7. The highest BCUT2D eigenvalue weighted by Crippen LogP contribution is 2.33. The van der Waals surface area contributed by atoms with Gasteiger partial charge in [0, 0.05) is 6.54 Å². The van der Waals surface area contributed by atoms with E-state index in [1.165, 1.54) is 0 Å². The number of carbonyl (C=O) groups excluding carboxylic acids is 1. The summed E-state index contributed by atoms with van der Waals surface area (Å²) in [6.45, 7) is 5.11. The standard InChI is InChI=1S/C34H36N6O2.3ClH/c1-22(2)31(35)33-37-20-29(39-33)27-16-12-25(13-17-27)24-10-14-26(15-11-24)28-19-36-32(38-28)30-9-6-18-40(30)34(41)42-21-23-7-4-3-5-8-23;;;/h3-5,7-8,10-17,19-20,22,30-31H,6,9,18,21,35H2,1-2H3,(H,36,38)(H,37,39);3*1H/t30-,31-;;;/m0.../s1. The molecule has 0 saturated carbocycles. The number of hydrogen-bond acceptors (Lipinski definition) is 5. The molecule has 6 rings (SSSR count). The quantitative estimate of drug-likeness (QED) is 0.153. The average Bonchev–Trinajstić information content (AvgIpc) is 3.81. The van der Waals surface area contributed by atoms with Crippen LogP contribution in [0.15, 0.2) is 91.3 Å². The van der Waals surface area contributed by atoms with E-state index >= 15 is 0 Å². The second kappa shape index (κ2) is 16.0. The Bertz CT molecular complexity index is 1640. The average molecular weight is 670 g/mol. The number of carbonyl (C=O) groups is 1. The molecule has 1 fully saturated rings. The van der Waals surface area contributed by atoms with Crippen LogP contribution in [-0.2, 0) is 11.3 Å². The molecule has 1 aliphatic rings. The summed E-state index contributed by atoms with van der Waals surface area (Å²) >= 11 is 0. The zero-order valence-corrected chi connectivity index (χ0v) is 27.6. The Balaban J connectivity index is 0.00000184. The molecule has 1 saturated heterocycles. The van der Waals surface area contributed by atoms with Crippen molar-refractivity contribution in [1.29, 1.82) is 0 Å². The van der Waals surface area contributed by atoms with E-state index in [4.69, 9.17) is 10.5 Å². The molecule has 0 spiro atoms. The lowest BCUT2D eigenvalue weighted by Crippen LogP contribution is -2.31. The van der Waals surface area contributed by atoms with Crippen molar-refractivity contribution in [1.82, 2.24) is 24.8 Å². The largest absolute Gasteiger partial charge is 0.445 e. The van der Waals surface area contributed by atoms with Gasteiger partial charge in [-0.2, -0.15) is 0 Å². The van der Waals surface area contributed by atoms with Gasteiger partial charge in [0.2, 0.25) is 0 Å². The molecule has 2 atom stereocenters. The van der Waals surface area contributed by atoms with E-state index in [-0.39, 0.29) is 62.0 Å². The van der Waals surface area contributed by atoms with Gasteiger partial charge in [-0.05, 0) is 46.6 Å². The number of nitrogens with one attached hydrogen (secondary N) is 2.